The molecule has 0 atom stereocenters. The molecule has 0 aliphatic carbocycles. The van der Waals surface area contributed by atoms with Gasteiger partial charge in [0.25, 0.3) is 10.1 Å². The third-order valence-electron chi connectivity index (χ3n) is 4.16. The van der Waals surface area contributed by atoms with E-state index in [1.807, 2.05) is 6.26 Å². The van der Waals surface area contributed by atoms with Crippen LogP contribution in [0, 0.1) is 0 Å². The minimum absolute atomic E-state index is 0.309. The third-order valence-corrected chi connectivity index (χ3v) is 6.36. The zero-order valence-corrected chi connectivity index (χ0v) is 19.5. The van der Waals surface area contributed by atoms with Crippen molar-refractivity contribution in [1.82, 2.24) is 15.0 Å². The van der Waals surface area contributed by atoms with E-state index in [1.54, 1.807) is 54.7 Å². The predicted molar refractivity (Wildman–Crippen MR) is 121 cm³/mol. The van der Waals surface area contributed by atoms with Crippen LogP contribution in [0.25, 0.3) is 11.3 Å². The molecule has 3 rings (SSSR count). The van der Waals surface area contributed by atoms with Crippen molar-refractivity contribution in [3.63, 3.8) is 0 Å². The van der Waals surface area contributed by atoms with Gasteiger partial charge in [0.15, 0.2) is 5.16 Å². The number of benzene rings is 1. The number of halogens is 2. The van der Waals surface area contributed by atoms with E-state index < -0.39 is 10.1 Å². The van der Waals surface area contributed by atoms with Crippen LogP contribution in [-0.2, 0) is 20.1 Å². The molecule has 11 heteroatoms. The zero-order valence-electron chi connectivity index (χ0n) is 16.3. The van der Waals surface area contributed by atoms with Crippen molar-refractivity contribution in [3.8, 4) is 11.3 Å². The van der Waals surface area contributed by atoms with E-state index in [2.05, 4.69) is 19.1 Å². The predicted octanol–water partition coefficient (Wildman–Crippen LogP) is 4.81. The second-order valence-electron chi connectivity index (χ2n) is 6.23. The van der Waals surface area contributed by atoms with Crippen molar-refractivity contribution in [3.05, 3.63) is 58.3 Å². The number of aromatic nitrogens is 3. The van der Waals surface area contributed by atoms with Crippen molar-refractivity contribution < 1.29 is 12.6 Å². The molecule has 2 aromatic heterocycles. The summed E-state index contributed by atoms with van der Waals surface area (Å²) in [6.45, 7) is 0. The molecule has 0 amide bonds. The van der Waals surface area contributed by atoms with Crippen LogP contribution in [0.2, 0.25) is 10.0 Å². The van der Waals surface area contributed by atoms with Crippen LogP contribution in [-0.4, -0.2) is 43.8 Å². The van der Waals surface area contributed by atoms with E-state index in [4.69, 9.17) is 23.2 Å². The number of thioether (sulfide) groups is 1. The van der Waals surface area contributed by atoms with Crippen LogP contribution in [0.4, 0.5) is 11.5 Å². The van der Waals surface area contributed by atoms with Gasteiger partial charge in [-0.15, -0.1) is 0 Å². The van der Waals surface area contributed by atoms with Crippen molar-refractivity contribution in [2.75, 3.05) is 25.3 Å². The fraction of sp³-hybridized carbons (Fsp3) is 0.211. The fourth-order valence-corrected chi connectivity index (χ4v) is 4.19. The molecule has 158 valence electrons. The zero-order chi connectivity index (χ0) is 21.9. The maximum absolute atomic E-state index is 12.0. The summed E-state index contributed by atoms with van der Waals surface area (Å²) in [7, 11) is -0.804. The number of hydrogen-bond donors (Lipinski definition) is 0. The van der Waals surface area contributed by atoms with Gasteiger partial charge in [0.05, 0.1) is 30.9 Å². The summed E-state index contributed by atoms with van der Waals surface area (Å²) >= 11 is 13.7. The summed E-state index contributed by atoms with van der Waals surface area (Å²) in [6.07, 6.45) is 5.24. The van der Waals surface area contributed by atoms with Crippen LogP contribution in [0.15, 0.2) is 47.9 Å². The van der Waals surface area contributed by atoms with E-state index >= 15 is 0 Å². The molecule has 0 aliphatic rings. The summed E-state index contributed by atoms with van der Waals surface area (Å²) in [5.41, 5.74) is 2.38. The highest BCUT2D eigenvalue weighted by atomic mass is 35.5. The summed E-state index contributed by atoms with van der Waals surface area (Å²) in [6, 6.07) is 8.39. The molecule has 3 aromatic rings. The molecule has 0 saturated carbocycles. The SMILES string of the molecule is COS(=O)(=O)Cc1cc(-c2cc(Cl)cc(Cl)c2)nc(N(C)c2cnc(SC)nc2)c1. The van der Waals surface area contributed by atoms with Gasteiger partial charge in [0.1, 0.15) is 11.6 Å². The molecule has 0 bridgehead atoms. The highest BCUT2D eigenvalue weighted by Gasteiger charge is 2.16. The molecule has 0 saturated heterocycles. The molecule has 7 nitrogen and oxygen atoms in total. The molecule has 0 spiro atoms. The Morgan fingerprint density at radius 3 is 2.27 bits per heavy atom. The first-order valence-electron chi connectivity index (χ1n) is 8.56. The van der Waals surface area contributed by atoms with Crippen molar-refractivity contribution in [1.29, 1.82) is 0 Å². The van der Waals surface area contributed by atoms with E-state index in [0.717, 1.165) is 7.11 Å². The normalized spacial score (nSPS) is 11.5. The van der Waals surface area contributed by atoms with Gasteiger partial charge in [-0.3, -0.25) is 4.18 Å². The van der Waals surface area contributed by atoms with Gasteiger partial charge in [0.2, 0.25) is 0 Å². The minimum Gasteiger partial charge on any atom is -0.327 e. The van der Waals surface area contributed by atoms with Crippen LogP contribution < -0.4 is 4.90 Å². The number of hydrogen-bond acceptors (Lipinski definition) is 8. The minimum atomic E-state index is -3.73. The first kappa shape index (κ1) is 22.8. The quantitative estimate of drug-likeness (QED) is 0.268. The summed E-state index contributed by atoms with van der Waals surface area (Å²) in [4.78, 5) is 15.0. The molecule has 0 aliphatic heterocycles. The standard InChI is InChI=1S/C19H18Cl2N4O3S2/c1-25(16-9-22-19(29-3)23-10-16)18-5-12(11-30(26,27)28-2)4-17(24-18)13-6-14(20)8-15(21)7-13/h4-10H,11H2,1-3H3. The molecular formula is C19H18Cl2N4O3S2. The highest BCUT2D eigenvalue weighted by molar-refractivity contribution is 7.98. The largest absolute Gasteiger partial charge is 0.327 e. The molecular weight excluding hydrogens is 467 g/mol. The Hall–Kier alpha value is -1.91. The lowest BCUT2D eigenvalue weighted by molar-refractivity contribution is 0.397. The smallest absolute Gasteiger partial charge is 0.271 e. The Kier molecular flexibility index (Phi) is 7.20. The Morgan fingerprint density at radius 2 is 1.70 bits per heavy atom. The molecule has 0 unspecified atom stereocenters. The van der Waals surface area contributed by atoms with Gasteiger partial charge >= 0.3 is 0 Å². The third kappa shape index (κ3) is 5.61. The average molecular weight is 485 g/mol. The molecule has 0 fully saturated rings. The van der Waals surface area contributed by atoms with Gasteiger partial charge in [-0.05, 0) is 42.2 Å². The summed E-state index contributed by atoms with van der Waals surface area (Å²) < 4.78 is 28.7. The van der Waals surface area contributed by atoms with Gasteiger partial charge in [-0.1, -0.05) is 35.0 Å². The monoisotopic (exact) mass is 484 g/mol. The van der Waals surface area contributed by atoms with Crippen LogP contribution in [0.1, 0.15) is 5.56 Å². The lowest BCUT2D eigenvalue weighted by Crippen LogP contribution is -2.14. The molecule has 0 radical (unpaired) electrons. The first-order valence-corrected chi connectivity index (χ1v) is 12.1. The molecule has 30 heavy (non-hydrogen) atoms. The number of nitrogens with zero attached hydrogens (tertiary/aromatic N) is 4. The van der Waals surface area contributed by atoms with E-state index in [-0.39, 0.29) is 5.75 Å². The second-order valence-corrected chi connectivity index (χ2v) is 9.62. The summed E-state index contributed by atoms with van der Waals surface area (Å²) in [5, 5.41) is 1.55. The topological polar surface area (TPSA) is 85.3 Å². The Morgan fingerprint density at radius 1 is 1.07 bits per heavy atom. The van der Waals surface area contributed by atoms with Gasteiger partial charge in [-0.25, -0.2) is 15.0 Å². The molecule has 0 N–H and O–H groups in total. The Bertz CT molecular complexity index is 1140. The molecule has 1 aromatic carbocycles. The number of pyridine rings is 1. The van der Waals surface area contributed by atoms with Crippen molar-refractivity contribution in [2.24, 2.45) is 0 Å². The van der Waals surface area contributed by atoms with Crippen molar-refractivity contribution in [2.45, 2.75) is 10.9 Å². The fourth-order valence-electron chi connectivity index (χ4n) is 2.66. The summed E-state index contributed by atoms with van der Waals surface area (Å²) in [5.74, 6) is 0.196. The van der Waals surface area contributed by atoms with E-state index in [9.17, 15) is 8.42 Å². The van der Waals surface area contributed by atoms with Crippen LogP contribution in [0.3, 0.4) is 0 Å². The van der Waals surface area contributed by atoms with E-state index in [1.165, 1.54) is 11.8 Å². The molecule has 2 heterocycles. The van der Waals surface area contributed by atoms with Crippen molar-refractivity contribution >= 4 is 56.6 Å². The van der Waals surface area contributed by atoms with Crippen LogP contribution in [0.5, 0.6) is 0 Å². The lowest BCUT2D eigenvalue weighted by atomic mass is 10.1. The average Bonchev–Trinajstić information content (AvgIpc) is 2.72. The lowest BCUT2D eigenvalue weighted by Gasteiger charge is -2.20. The van der Waals surface area contributed by atoms with Crippen LogP contribution >= 0.6 is 35.0 Å². The maximum Gasteiger partial charge on any atom is 0.271 e. The maximum atomic E-state index is 12.0. The number of rotatable bonds is 7. The second kappa shape index (κ2) is 9.49. The Labute approximate surface area is 189 Å². The Balaban J connectivity index is 2.10. The van der Waals surface area contributed by atoms with Gasteiger partial charge < -0.3 is 4.90 Å². The van der Waals surface area contributed by atoms with Gasteiger partial charge in [0, 0.05) is 22.7 Å². The highest BCUT2D eigenvalue weighted by Crippen LogP contribution is 2.31. The first-order chi connectivity index (χ1) is 14.2. The van der Waals surface area contributed by atoms with E-state index in [0.29, 0.717) is 43.5 Å². The van der Waals surface area contributed by atoms with Gasteiger partial charge in [-0.2, -0.15) is 8.42 Å². The number of anilines is 2.